The van der Waals surface area contributed by atoms with E-state index in [-0.39, 0.29) is 18.1 Å². The number of fused-ring (bicyclic) bond motifs is 3. The summed E-state index contributed by atoms with van der Waals surface area (Å²) in [6.07, 6.45) is 2.31. The summed E-state index contributed by atoms with van der Waals surface area (Å²) in [7, 11) is 0. The van der Waals surface area contributed by atoms with Gasteiger partial charge in [-0.05, 0) is 60.9 Å². The fraction of sp³-hybridized carbons (Fsp3) is 0.312. The Morgan fingerprint density at radius 3 is 2.59 bits per heavy atom. The normalized spacial score (nSPS) is 15.7. The highest BCUT2D eigenvalue weighted by molar-refractivity contribution is 9.10. The topological polar surface area (TPSA) is 109 Å². The van der Waals surface area contributed by atoms with Gasteiger partial charge in [-0.15, -0.1) is 10.2 Å². The monoisotopic (exact) mass is 656 g/mol. The first kappa shape index (κ1) is 28.5. The van der Waals surface area contributed by atoms with Crippen molar-refractivity contribution in [1.29, 1.82) is 0 Å². The molecule has 7 rings (SSSR count). The zero-order valence-electron chi connectivity index (χ0n) is 24.2. The molecule has 0 saturated carbocycles. The molecule has 11 nitrogen and oxygen atoms in total. The highest BCUT2D eigenvalue weighted by Crippen LogP contribution is 2.35. The van der Waals surface area contributed by atoms with E-state index in [4.69, 9.17) is 4.74 Å². The molecule has 2 fully saturated rings. The molecular formula is C32H33BrN8O3. The summed E-state index contributed by atoms with van der Waals surface area (Å²) in [5.41, 5.74) is 4.15. The number of carbonyl (C=O) groups is 1. The first-order valence-corrected chi connectivity index (χ1v) is 15.7. The molecule has 2 saturated heterocycles. The van der Waals surface area contributed by atoms with E-state index in [1.807, 2.05) is 52.9 Å². The Labute approximate surface area is 262 Å². The molecule has 0 bridgehead atoms. The number of nitrogens with one attached hydrogen (secondary N) is 2. The maximum absolute atomic E-state index is 13.9. The zero-order valence-corrected chi connectivity index (χ0v) is 25.8. The largest absolute Gasteiger partial charge is 0.379 e. The summed E-state index contributed by atoms with van der Waals surface area (Å²) in [4.78, 5) is 31.0. The summed E-state index contributed by atoms with van der Waals surface area (Å²) in [6.45, 7) is 5.61. The number of anilines is 2. The van der Waals surface area contributed by atoms with Gasteiger partial charge in [-0.25, -0.2) is 4.79 Å². The Morgan fingerprint density at radius 1 is 0.932 bits per heavy atom. The lowest BCUT2D eigenvalue weighted by Crippen LogP contribution is -2.44. The predicted octanol–water partition coefficient (Wildman–Crippen LogP) is 4.53. The number of nitrogens with zero attached hydrogens (tertiary/aromatic N) is 6. The molecule has 5 aromatic rings. The molecule has 3 aromatic carbocycles. The Morgan fingerprint density at radius 2 is 1.75 bits per heavy atom. The number of hydrogen-bond acceptors (Lipinski definition) is 7. The molecule has 0 spiro atoms. The summed E-state index contributed by atoms with van der Waals surface area (Å²) < 4.78 is 9.96. The van der Waals surface area contributed by atoms with Crippen molar-refractivity contribution in [2.24, 2.45) is 0 Å². The van der Waals surface area contributed by atoms with Crippen molar-refractivity contribution in [1.82, 2.24) is 29.4 Å². The molecule has 2 amide bonds. The smallest absolute Gasteiger partial charge is 0.320 e. The van der Waals surface area contributed by atoms with Crippen molar-refractivity contribution in [3.05, 3.63) is 87.1 Å². The standard InChI is InChI=1S/C32H33BrN8O3/c33-23-10-11-27(39-12-3-4-13-39)26(19-23)29-36-37-32-40(30(42)25-8-1-2-9-28(25)41(29)32)20-22-6-5-7-24(18-22)35-31(43)34-21-38-14-16-44-17-15-38/h1-2,5-11,18-19H,3-4,12-17,20-21H2,(H2,34,35,43). The van der Waals surface area contributed by atoms with Gasteiger partial charge in [0.15, 0.2) is 5.82 Å². The van der Waals surface area contributed by atoms with E-state index in [1.54, 1.807) is 4.57 Å². The van der Waals surface area contributed by atoms with Gasteiger partial charge in [0.1, 0.15) is 0 Å². The van der Waals surface area contributed by atoms with Gasteiger partial charge < -0.3 is 20.3 Å². The first-order chi connectivity index (χ1) is 21.5. The molecule has 2 aliphatic rings. The minimum absolute atomic E-state index is 0.150. The van der Waals surface area contributed by atoms with Crippen molar-refractivity contribution < 1.29 is 9.53 Å². The highest BCUT2D eigenvalue weighted by atomic mass is 79.9. The van der Waals surface area contributed by atoms with Crippen LogP contribution in [0.3, 0.4) is 0 Å². The average molecular weight is 658 g/mol. The number of benzene rings is 3. The van der Waals surface area contributed by atoms with Crippen LogP contribution in [0.2, 0.25) is 0 Å². The molecule has 0 unspecified atom stereocenters. The van der Waals surface area contributed by atoms with Crippen molar-refractivity contribution in [3.63, 3.8) is 0 Å². The van der Waals surface area contributed by atoms with Crippen molar-refractivity contribution in [2.45, 2.75) is 19.4 Å². The molecule has 44 heavy (non-hydrogen) atoms. The van der Waals surface area contributed by atoms with Crippen LogP contribution in [-0.4, -0.2) is 76.2 Å². The number of hydrogen-bond donors (Lipinski definition) is 2. The third kappa shape index (κ3) is 5.68. The number of ether oxygens (including phenoxy) is 1. The maximum atomic E-state index is 13.9. The van der Waals surface area contributed by atoms with Crippen LogP contribution in [0.5, 0.6) is 0 Å². The number of morpholine rings is 1. The van der Waals surface area contributed by atoms with Gasteiger partial charge in [0.25, 0.3) is 5.56 Å². The van der Waals surface area contributed by atoms with E-state index < -0.39 is 0 Å². The maximum Gasteiger partial charge on any atom is 0.320 e. The van der Waals surface area contributed by atoms with E-state index in [1.165, 1.54) is 0 Å². The van der Waals surface area contributed by atoms with Crippen molar-refractivity contribution >= 4 is 50.0 Å². The quantitative estimate of drug-likeness (QED) is 0.265. The molecule has 2 N–H and O–H groups in total. The molecule has 0 radical (unpaired) electrons. The third-order valence-electron chi connectivity index (χ3n) is 8.25. The van der Waals surface area contributed by atoms with Crippen molar-refractivity contribution in [3.8, 4) is 11.4 Å². The Bertz CT molecular complexity index is 1890. The van der Waals surface area contributed by atoms with Gasteiger partial charge in [-0.1, -0.05) is 40.2 Å². The lowest BCUT2D eigenvalue weighted by Gasteiger charge is -2.26. The van der Waals surface area contributed by atoms with Gasteiger partial charge in [0.2, 0.25) is 5.78 Å². The van der Waals surface area contributed by atoms with E-state index in [0.717, 1.165) is 65.8 Å². The van der Waals surface area contributed by atoms with Crippen molar-refractivity contribution in [2.75, 3.05) is 56.3 Å². The Hall–Kier alpha value is -4.26. The van der Waals surface area contributed by atoms with Crippen LogP contribution in [0.25, 0.3) is 28.1 Å². The Kier molecular flexibility index (Phi) is 8.03. The second kappa shape index (κ2) is 12.4. The average Bonchev–Trinajstić information content (AvgIpc) is 3.74. The van der Waals surface area contributed by atoms with Crippen LogP contribution >= 0.6 is 15.9 Å². The van der Waals surface area contributed by atoms with Gasteiger partial charge in [0, 0.05) is 47.6 Å². The number of aromatic nitrogens is 4. The summed E-state index contributed by atoms with van der Waals surface area (Å²) in [5.74, 6) is 1.14. The van der Waals surface area contributed by atoms with E-state index in [0.29, 0.717) is 42.6 Å². The van der Waals surface area contributed by atoms with E-state index in [2.05, 4.69) is 64.8 Å². The molecule has 2 aromatic heterocycles. The van der Waals surface area contributed by atoms with Gasteiger partial charge in [-0.2, -0.15) is 0 Å². The van der Waals surface area contributed by atoms with E-state index in [9.17, 15) is 9.59 Å². The molecule has 0 atom stereocenters. The minimum atomic E-state index is -0.288. The molecule has 4 heterocycles. The molecule has 12 heteroatoms. The lowest BCUT2D eigenvalue weighted by atomic mass is 10.1. The fourth-order valence-electron chi connectivity index (χ4n) is 6.04. The lowest BCUT2D eigenvalue weighted by molar-refractivity contribution is 0.0358. The SMILES string of the molecule is O=C(NCN1CCOCC1)Nc1cccc(Cn2c(=O)c3ccccc3n3c(-c4cc(Br)ccc4N4CCCC4)nnc23)c1. The minimum Gasteiger partial charge on any atom is -0.379 e. The number of rotatable bonds is 7. The summed E-state index contributed by atoms with van der Waals surface area (Å²) in [6, 6.07) is 21.1. The van der Waals surface area contributed by atoms with Crippen LogP contribution in [0.1, 0.15) is 18.4 Å². The van der Waals surface area contributed by atoms with E-state index >= 15 is 0 Å². The summed E-state index contributed by atoms with van der Waals surface area (Å²) in [5, 5.41) is 15.7. The molecule has 0 aliphatic carbocycles. The molecule has 226 valence electrons. The number of amides is 2. The zero-order chi connectivity index (χ0) is 30.0. The van der Waals surface area contributed by atoms with Crippen LogP contribution in [0, 0.1) is 0 Å². The predicted molar refractivity (Wildman–Crippen MR) is 174 cm³/mol. The number of halogens is 1. The number of para-hydroxylation sites is 1. The van der Waals surface area contributed by atoms with Crippen LogP contribution in [0.4, 0.5) is 16.2 Å². The second-order valence-electron chi connectivity index (χ2n) is 11.1. The van der Waals surface area contributed by atoms with Gasteiger partial charge >= 0.3 is 6.03 Å². The van der Waals surface area contributed by atoms with Gasteiger partial charge in [0.05, 0.1) is 37.3 Å². The first-order valence-electron chi connectivity index (χ1n) is 14.9. The number of carbonyl (C=O) groups excluding carboxylic acids is 1. The second-order valence-corrected chi connectivity index (χ2v) is 12.1. The molecular weight excluding hydrogens is 624 g/mol. The number of urea groups is 1. The molecule has 2 aliphatic heterocycles. The Balaban J connectivity index is 1.23. The van der Waals surface area contributed by atoms with Crippen LogP contribution < -0.4 is 21.1 Å². The van der Waals surface area contributed by atoms with Crippen LogP contribution in [0.15, 0.2) is 76.0 Å². The highest BCUT2D eigenvalue weighted by Gasteiger charge is 2.23. The summed E-state index contributed by atoms with van der Waals surface area (Å²) >= 11 is 3.66. The fourth-order valence-corrected chi connectivity index (χ4v) is 6.41. The van der Waals surface area contributed by atoms with Crippen LogP contribution in [-0.2, 0) is 11.3 Å². The third-order valence-corrected chi connectivity index (χ3v) is 8.74. The van der Waals surface area contributed by atoms with Gasteiger partial charge in [-0.3, -0.25) is 18.7 Å².